The van der Waals surface area contributed by atoms with Crippen LogP contribution in [0.2, 0.25) is 10.0 Å². The summed E-state index contributed by atoms with van der Waals surface area (Å²) in [7, 11) is 1.49. The van der Waals surface area contributed by atoms with Crippen molar-refractivity contribution >= 4 is 40.9 Å². The molecule has 8 heteroatoms. The van der Waals surface area contributed by atoms with E-state index in [1.54, 1.807) is 11.0 Å². The first-order valence-corrected chi connectivity index (χ1v) is 7.59. The van der Waals surface area contributed by atoms with Crippen LogP contribution in [0.15, 0.2) is 18.2 Å². The van der Waals surface area contributed by atoms with E-state index >= 15 is 0 Å². The Balaban J connectivity index is 1.86. The number of ether oxygens (including phenoxy) is 1. The van der Waals surface area contributed by atoms with Crippen molar-refractivity contribution in [3.63, 3.8) is 0 Å². The number of hydrogen-bond acceptors (Lipinski definition) is 4. The quantitative estimate of drug-likeness (QED) is 0.909. The Kier molecular flexibility index (Phi) is 5.74. The van der Waals surface area contributed by atoms with E-state index in [4.69, 9.17) is 27.9 Å². The zero-order chi connectivity index (χ0) is 16.1. The van der Waals surface area contributed by atoms with Gasteiger partial charge >= 0.3 is 6.09 Å². The summed E-state index contributed by atoms with van der Waals surface area (Å²) in [6.07, 6.45) is -0.475. The number of halogens is 2. The second-order valence-electron chi connectivity index (χ2n) is 4.80. The molecule has 0 saturated carbocycles. The molecule has 1 aliphatic heterocycles. The smallest absolute Gasteiger partial charge is 0.410 e. The summed E-state index contributed by atoms with van der Waals surface area (Å²) in [4.78, 5) is 26.6. The van der Waals surface area contributed by atoms with Crippen LogP contribution in [0.5, 0.6) is 0 Å². The lowest BCUT2D eigenvalue weighted by molar-refractivity contribution is -0.123. The average molecular weight is 346 g/mol. The maximum absolute atomic E-state index is 11.8. The van der Waals surface area contributed by atoms with Crippen LogP contribution in [-0.4, -0.2) is 56.7 Å². The summed E-state index contributed by atoms with van der Waals surface area (Å²) < 4.78 is 4.93. The van der Waals surface area contributed by atoms with Gasteiger partial charge in [-0.15, -0.1) is 0 Å². The highest BCUT2D eigenvalue weighted by molar-refractivity contribution is 6.42. The number of likely N-dealkylation sites (N-methyl/N-ethyl adjacent to an activating group) is 1. The summed E-state index contributed by atoms with van der Waals surface area (Å²) in [5, 5.41) is 3.42. The SMILES string of the molecule is CNC(=O)COC(=O)N1CCN(c2ccc(Cl)c(Cl)c2)CC1. The van der Waals surface area contributed by atoms with Gasteiger partial charge in [-0.1, -0.05) is 23.2 Å². The van der Waals surface area contributed by atoms with E-state index in [0.717, 1.165) is 5.69 Å². The van der Waals surface area contributed by atoms with Crippen LogP contribution in [0.3, 0.4) is 0 Å². The second kappa shape index (κ2) is 7.56. The molecular formula is C14H17Cl2N3O3. The molecule has 2 amide bonds. The Labute approximate surface area is 138 Å². The molecule has 0 spiro atoms. The Morgan fingerprint density at radius 2 is 1.86 bits per heavy atom. The van der Waals surface area contributed by atoms with E-state index in [1.165, 1.54) is 7.05 Å². The van der Waals surface area contributed by atoms with Crippen molar-refractivity contribution in [3.8, 4) is 0 Å². The standard InChI is InChI=1S/C14H17Cl2N3O3/c1-17-13(20)9-22-14(21)19-6-4-18(5-7-19)10-2-3-11(15)12(16)8-10/h2-3,8H,4-7,9H2,1H3,(H,17,20). The van der Waals surface area contributed by atoms with Crippen LogP contribution >= 0.6 is 23.2 Å². The molecule has 1 aromatic carbocycles. The summed E-state index contributed by atoms with van der Waals surface area (Å²) in [5.74, 6) is -0.331. The molecule has 0 aliphatic carbocycles. The van der Waals surface area contributed by atoms with Crippen LogP contribution in [0.4, 0.5) is 10.5 Å². The maximum atomic E-state index is 11.8. The average Bonchev–Trinajstić information content (AvgIpc) is 2.55. The van der Waals surface area contributed by atoms with Crippen LogP contribution in [0.1, 0.15) is 0 Å². The molecule has 120 valence electrons. The molecule has 1 aromatic rings. The summed E-state index contributed by atoms with van der Waals surface area (Å²) in [6, 6.07) is 5.46. The molecule has 1 aliphatic rings. The van der Waals surface area contributed by atoms with Crippen molar-refractivity contribution in [2.45, 2.75) is 0 Å². The third kappa shape index (κ3) is 4.18. The molecule has 0 bridgehead atoms. The first kappa shape index (κ1) is 16.7. The monoisotopic (exact) mass is 345 g/mol. The molecule has 0 aromatic heterocycles. The van der Waals surface area contributed by atoms with Gasteiger partial charge in [-0.25, -0.2) is 4.79 Å². The van der Waals surface area contributed by atoms with Gasteiger partial charge in [-0.2, -0.15) is 0 Å². The van der Waals surface area contributed by atoms with Crippen molar-refractivity contribution in [1.82, 2.24) is 10.2 Å². The number of benzene rings is 1. The molecule has 22 heavy (non-hydrogen) atoms. The first-order chi connectivity index (χ1) is 10.5. The lowest BCUT2D eigenvalue weighted by atomic mass is 10.2. The molecule has 0 radical (unpaired) electrons. The van der Waals surface area contributed by atoms with Crippen LogP contribution < -0.4 is 10.2 Å². The van der Waals surface area contributed by atoms with Gasteiger partial charge in [0.2, 0.25) is 0 Å². The van der Waals surface area contributed by atoms with Crippen molar-refractivity contribution in [1.29, 1.82) is 0 Å². The van der Waals surface area contributed by atoms with Crippen LogP contribution in [0.25, 0.3) is 0 Å². The maximum Gasteiger partial charge on any atom is 0.410 e. The van der Waals surface area contributed by atoms with Gasteiger partial charge in [-0.05, 0) is 18.2 Å². The Hall–Kier alpha value is -1.66. The third-order valence-electron chi connectivity index (χ3n) is 3.41. The highest BCUT2D eigenvalue weighted by Gasteiger charge is 2.23. The molecule has 1 heterocycles. The molecule has 6 nitrogen and oxygen atoms in total. The topological polar surface area (TPSA) is 61.9 Å². The molecule has 1 N–H and O–H groups in total. The van der Waals surface area contributed by atoms with Crippen molar-refractivity contribution < 1.29 is 14.3 Å². The second-order valence-corrected chi connectivity index (χ2v) is 5.61. The van der Waals surface area contributed by atoms with Gasteiger partial charge in [0.1, 0.15) is 0 Å². The van der Waals surface area contributed by atoms with E-state index in [-0.39, 0.29) is 12.5 Å². The summed E-state index contributed by atoms with van der Waals surface area (Å²) >= 11 is 11.9. The van der Waals surface area contributed by atoms with Crippen molar-refractivity contribution in [3.05, 3.63) is 28.2 Å². The molecular weight excluding hydrogens is 329 g/mol. The van der Waals surface area contributed by atoms with Gasteiger partial charge in [-0.3, -0.25) is 4.79 Å². The van der Waals surface area contributed by atoms with E-state index in [9.17, 15) is 9.59 Å². The number of amides is 2. The number of hydrogen-bond donors (Lipinski definition) is 1. The number of carbonyl (C=O) groups is 2. The first-order valence-electron chi connectivity index (χ1n) is 6.83. The normalized spacial score (nSPS) is 14.7. The number of piperazine rings is 1. The Morgan fingerprint density at radius 3 is 2.45 bits per heavy atom. The predicted octanol–water partition coefficient (Wildman–Crippen LogP) is 2.00. The lowest BCUT2D eigenvalue weighted by Gasteiger charge is -2.35. The van der Waals surface area contributed by atoms with Gasteiger partial charge in [0.05, 0.1) is 10.0 Å². The largest absolute Gasteiger partial charge is 0.439 e. The lowest BCUT2D eigenvalue weighted by Crippen LogP contribution is -2.49. The minimum Gasteiger partial charge on any atom is -0.439 e. The molecule has 1 saturated heterocycles. The Bertz CT molecular complexity index is 560. The minimum atomic E-state index is -0.475. The zero-order valence-corrected chi connectivity index (χ0v) is 13.7. The highest BCUT2D eigenvalue weighted by Crippen LogP contribution is 2.27. The highest BCUT2D eigenvalue weighted by atomic mass is 35.5. The van der Waals surface area contributed by atoms with E-state index in [1.807, 2.05) is 12.1 Å². The molecule has 0 atom stereocenters. The fourth-order valence-corrected chi connectivity index (χ4v) is 2.41. The fourth-order valence-electron chi connectivity index (χ4n) is 2.12. The Morgan fingerprint density at radius 1 is 1.18 bits per heavy atom. The number of anilines is 1. The summed E-state index contributed by atoms with van der Waals surface area (Å²) in [6.45, 7) is 2.10. The fraction of sp³-hybridized carbons (Fsp3) is 0.429. The minimum absolute atomic E-state index is 0.262. The number of nitrogens with one attached hydrogen (secondary N) is 1. The van der Waals surface area contributed by atoms with Gasteiger partial charge in [0.25, 0.3) is 5.91 Å². The summed E-state index contributed by atoms with van der Waals surface area (Å²) in [5.41, 5.74) is 0.966. The molecule has 1 fully saturated rings. The van der Waals surface area contributed by atoms with Crippen molar-refractivity contribution in [2.24, 2.45) is 0 Å². The molecule has 2 rings (SSSR count). The number of rotatable bonds is 3. The number of carbonyl (C=O) groups excluding carboxylic acids is 2. The van der Waals surface area contributed by atoms with Gasteiger partial charge in [0.15, 0.2) is 6.61 Å². The van der Waals surface area contributed by atoms with Gasteiger partial charge in [0, 0.05) is 38.9 Å². The molecule has 0 unspecified atom stereocenters. The van der Waals surface area contributed by atoms with Crippen LogP contribution in [0, 0.1) is 0 Å². The van der Waals surface area contributed by atoms with E-state index in [2.05, 4.69) is 10.2 Å². The van der Waals surface area contributed by atoms with E-state index < -0.39 is 6.09 Å². The predicted molar refractivity (Wildman–Crippen MR) is 85.7 cm³/mol. The van der Waals surface area contributed by atoms with Crippen LogP contribution in [-0.2, 0) is 9.53 Å². The van der Waals surface area contributed by atoms with Crippen molar-refractivity contribution in [2.75, 3.05) is 44.7 Å². The van der Waals surface area contributed by atoms with E-state index in [0.29, 0.717) is 36.2 Å². The van der Waals surface area contributed by atoms with Gasteiger partial charge < -0.3 is 19.9 Å². The number of nitrogens with zero attached hydrogens (tertiary/aromatic N) is 2. The third-order valence-corrected chi connectivity index (χ3v) is 4.15. The zero-order valence-electron chi connectivity index (χ0n) is 12.1.